The first-order valence-corrected chi connectivity index (χ1v) is 7.19. The zero-order chi connectivity index (χ0) is 17.1. The van der Waals surface area contributed by atoms with Crippen molar-refractivity contribution < 1.29 is 9.18 Å². The molecule has 24 heavy (non-hydrogen) atoms. The predicted molar refractivity (Wildman–Crippen MR) is 87.5 cm³/mol. The number of benzene rings is 1. The normalized spacial score (nSPS) is 10.4. The Bertz CT molecular complexity index is 960. The molecule has 0 unspecified atom stereocenters. The van der Waals surface area contributed by atoms with Crippen molar-refractivity contribution in [2.45, 2.75) is 0 Å². The number of amides is 1. The average Bonchev–Trinajstić information content (AvgIpc) is 2.59. The molecule has 6 nitrogen and oxygen atoms in total. The van der Waals surface area contributed by atoms with Gasteiger partial charge in [0.2, 0.25) is 0 Å². The highest BCUT2D eigenvalue weighted by Crippen LogP contribution is 2.24. The van der Waals surface area contributed by atoms with Crippen LogP contribution in [0, 0.1) is 5.82 Å². The Morgan fingerprint density at radius 2 is 2.04 bits per heavy atom. The molecule has 2 heterocycles. The minimum atomic E-state index is -0.861. The molecule has 0 saturated heterocycles. The van der Waals surface area contributed by atoms with Crippen LogP contribution >= 0.6 is 11.6 Å². The maximum atomic E-state index is 13.6. The Balaban J connectivity index is 1.95. The molecule has 0 atom stereocenters. The van der Waals surface area contributed by atoms with Crippen molar-refractivity contribution in [2.75, 3.05) is 5.32 Å². The minimum absolute atomic E-state index is 0.122. The lowest BCUT2D eigenvalue weighted by molar-refractivity contribution is 0.102. The van der Waals surface area contributed by atoms with Gasteiger partial charge in [-0.2, -0.15) is 4.98 Å². The Morgan fingerprint density at radius 3 is 2.79 bits per heavy atom. The first-order chi connectivity index (χ1) is 11.5. The van der Waals surface area contributed by atoms with Gasteiger partial charge in [0.15, 0.2) is 11.6 Å². The number of aromatic amines is 1. The number of hydrogen-bond donors (Lipinski definition) is 2. The Labute approximate surface area is 140 Å². The SMILES string of the molecule is O=C(Nc1[nH]c(=O)ncc1F)c1cc(-c2ccccn2)ccc1Cl. The van der Waals surface area contributed by atoms with Crippen molar-refractivity contribution in [3.05, 3.63) is 75.7 Å². The van der Waals surface area contributed by atoms with E-state index in [1.54, 1.807) is 30.5 Å². The van der Waals surface area contributed by atoms with Gasteiger partial charge in [0.1, 0.15) is 0 Å². The number of nitrogens with one attached hydrogen (secondary N) is 2. The summed E-state index contributed by atoms with van der Waals surface area (Å²) in [4.78, 5) is 33.0. The number of pyridine rings is 1. The zero-order valence-corrected chi connectivity index (χ0v) is 12.8. The molecule has 0 aliphatic heterocycles. The van der Waals surface area contributed by atoms with E-state index in [0.717, 1.165) is 6.20 Å². The molecule has 2 aromatic heterocycles. The molecule has 1 amide bonds. The third-order valence-electron chi connectivity index (χ3n) is 3.18. The molecule has 3 aromatic rings. The van der Waals surface area contributed by atoms with Crippen LogP contribution < -0.4 is 11.0 Å². The van der Waals surface area contributed by atoms with Crippen LogP contribution in [0.2, 0.25) is 5.02 Å². The number of carbonyl (C=O) groups is 1. The van der Waals surface area contributed by atoms with Crippen molar-refractivity contribution in [3.63, 3.8) is 0 Å². The van der Waals surface area contributed by atoms with E-state index in [1.807, 2.05) is 6.07 Å². The molecule has 0 saturated carbocycles. The molecule has 0 spiro atoms. The van der Waals surface area contributed by atoms with Gasteiger partial charge in [0.25, 0.3) is 5.91 Å². The van der Waals surface area contributed by atoms with Gasteiger partial charge in [-0.1, -0.05) is 23.7 Å². The highest BCUT2D eigenvalue weighted by atomic mass is 35.5. The van der Waals surface area contributed by atoms with E-state index in [4.69, 9.17) is 11.6 Å². The van der Waals surface area contributed by atoms with Crippen LogP contribution in [0.3, 0.4) is 0 Å². The van der Waals surface area contributed by atoms with Crippen molar-refractivity contribution in [1.82, 2.24) is 15.0 Å². The number of rotatable bonds is 3. The lowest BCUT2D eigenvalue weighted by atomic mass is 10.1. The van der Waals surface area contributed by atoms with Crippen molar-refractivity contribution in [1.29, 1.82) is 0 Å². The van der Waals surface area contributed by atoms with E-state index in [1.165, 1.54) is 6.07 Å². The number of hydrogen-bond acceptors (Lipinski definition) is 4. The molecule has 1 aromatic carbocycles. The molecule has 8 heteroatoms. The van der Waals surface area contributed by atoms with Crippen LogP contribution in [-0.2, 0) is 0 Å². The summed E-state index contributed by atoms with van der Waals surface area (Å²) in [5, 5.41) is 2.46. The fourth-order valence-electron chi connectivity index (χ4n) is 2.04. The molecule has 120 valence electrons. The molecule has 0 fully saturated rings. The fourth-order valence-corrected chi connectivity index (χ4v) is 2.25. The van der Waals surface area contributed by atoms with Crippen LogP contribution in [0.25, 0.3) is 11.3 Å². The summed E-state index contributed by atoms with van der Waals surface area (Å²) in [5.41, 5.74) is 0.678. The molecule has 0 aliphatic carbocycles. The van der Waals surface area contributed by atoms with E-state index in [-0.39, 0.29) is 16.4 Å². The maximum Gasteiger partial charge on any atom is 0.346 e. The van der Waals surface area contributed by atoms with Crippen LogP contribution in [0.4, 0.5) is 10.2 Å². The van der Waals surface area contributed by atoms with E-state index in [2.05, 4.69) is 20.3 Å². The molecule has 2 N–H and O–H groups in total. The summed E-state index contributed by atoms with van der Waals surface area (Å²) in [6.07, 6.45) is 2.35. The summed E-state index contributed by atoms with van der Waals surface area (Å²) in [7, 11) is 0. The highest BCUT2D eigenvalue weighted by molar-refractivity contribution is 6.34. The Morgan fingerprint density at radius 1 is 1.21 bits per heavy atom. The quantitative estimate of drug-likeness (QED) is 0.764. The second-order valence-electron chi connectivity index (χ2n) is 4.78. The first kappa shape index (κ1) is 15.8. The smallest absolute Gasteiger partial charge is 0.305 e. The molecule has 0 radical (unpaired) electrons. The second kappa shape index (κ2) is 6.59. The Hall–Kier alpha value is -3.06. The molecule has 3 rings (SSSR count). The summed E-state index contributed by atoms with van der Waals surface area (Å²) in [6, 6.07) is 10.2. The maximum absolute atomic E-state index is 13.6. The van der Waals surface area contributed by atoms with E-state index in [9.17, 15) is 14.0 Å². The summed E-state index contributed by atoms with van der Waals surface area (Å²) >= 11 is 6.06. The second-order valence-corrected chi connectivity index (χ2v) is 5.18. The fraction of sp³-hybridized carbons (Fsp3) is 0. The number of nitrogens with zero attached hydrogens (tertiary/aromatic N) is 2. The standard InChI is InChI=1S/C16H10ClFN4O2/c17-11-5-4-9(13-3-1-2-6-19-13)7-10(11)15(23)21-14-12(18)8-20-16(24)22-14/h1-8H,(H2,20,21,22,23,24). The van der Waals surface area contributed by atoms with E-state index >= 15 is 0 Å². The molecular formula is C16H10ClFN4O2. The van der Waals surface area contributed by atoms with Crippen molar-refractivity contribution >= 4 is 23.3 Å². The lowest BCUT2D eigenvalue weighted by Gasteiger charge is -2.09. The first-order valence-electron chi connectivity index (χ1n) is 6.82. The van der Waals surface area contributed by atoms with Crippen LogP contribution in [-0.4, -0.2) is 20.9 Å². The van der Waals surface area contributed by atoms with Crippen LogP contribution in [0.5, 0.6) is 0 Å². The van der Waals surface area contributed by atoms with Gasteiger partial charge in [0, 0.05) is 11.8 Å². The van der Waals surface area contributed by atoms with Gasteiger partial charge < -0.3 is 5.32 Å². The molecule has 0 aliphatic rings. The number of aromatic nitrogens is 3. The van der Waals surface area contributed by atoms with E-state index < -0.39 is 17.4 Å². The third kappa shape index (κ3) is 3.31. The lowest BCUT2D eigenvalue weighted by Crippen LogP contribution is -2.19. The number of anilines is 1. The number of H-pyrrole nitrogens is 1. The monoisotopic (exact) mass is 344 g/mol. The van der Waals surface area contributed by atoms with Gasteiger partial charge in [-0.15, -0.1) is 0 Å². The predicted octanol–water partition coefficient (Wildman–Crippen LogP) is 2.88. The largest absolute Gasteiger partial charge is 0.346 e. The van der Waals surface area contributed by atoms with Crippen molar-refractivity contribution in [3.8, 4) is 11.3 Å². The average molecular weight is 345 g/mol. The Kier molecular flexibility index (Phi) is 4.35. The number of carbonyl (C=O) groups excluding carboxylic acids is 1. The van der Waals surface area contributed by atoms with Crippen LogP contribution in [0.1, 0.15) is 10.4 Å². The number of halogens is 2. The summed E-state index contributed by atoms with van der Waals surface area (Å²) in [6.45, 7) is 0. The highest BCUT2D eigenvalue weighted by Gasteiger charge is 2.15. The summed E-state index contributed by atoms with van der Waals surface area (Å²) < 4.78 is 13.6. The molecule has 0 bridgehead atoms. The van der Waals surface area contributed by atoms with Gasteiger partial charge >= 0.3 is 5.69 Å². The van der Waals surface area contributed by atoms with Gasteiger partial charge in [-0.3, -0.25) is 14.8 Å². The van der Waals surface area contributed by atoms with E-state index in [0.29, 0.717) is 11.3 Å². The minimum Gasteiger partial charge on any atom is -0.305 e. The van der Waals surface area contributed by atoms with Crippen molar-refractivity contribution in [2.24, 2.45) is 0 Å². The third-order valence-corrected chi connectivity index (χ3v) is 3.51. The zero-order valence-electron chi connectivity index (χ0n) is 12.1. The van der Waals surface area contributed by atoms with Gasteiger partial charge in [-0.05, 0) is 24.3 Å². The van der Waals surface area contributed by atoms with Crippen LogP contribution in [0.15, 0.2) is 53.6 Å². The molecular weight excluding hydrogens is 335 g/mol. The summed E-state index contributed by atoms with van der Waals surface area (Å²) in [5.74, 6) is -1.90. The van der Waals surface area contributed by atoms with Gasteiger partial charge in [0.05, 0.1) is 22.5 Å². The topological polar surface area (TPSA) is 87.7 Å². The van der Waals surface area contributed by atoms with Gasteiger partial charge in [-0.25, -0.2) is 9.18 Å².